The largest absolute Gasteiger partial charge is 0.497 e. The van der Waals surface area contributed by atoms with E-state index in [1.807, 2.05) is 36.5 Å². The first-order valence-corrected chi connectivity index (χ1v) is 10.0. The zero-order valence-electron chi connectivity index (χ0n) is 16.6. The van der Waals surface area contributed by atoms with Crippen LogP contribution in [0.15, 0.2) is 54.7 Å². The Morgan fingerprint density at radius 3 is 2.72 bits per heavy atom. The number of aliphatic hydroxyl groups excluding tert-OH is 1. The molecule has 1 saturated heterocycles. The van der Waals surface area contributed by atoms with E-state index in [9.17, 15) is 9.50 Å². The number of methoxy groups -OCH3 is 1. The van der Waals surface area contributed by atoms with Gasteiger partial charge < -0.3 is 9.84 Å². The van der Waals surface area contributed by atoms with E-state index in [1.165, 1.54) is 13.2 Å². The van der Waals surface area contributed by atoms with Gasteiger partial charge in [0.25, 0.3) is 0 Å². The molecule has 0 saturated carbocycles. The number of halogens is 1. The third kappa shape index (κ3) is 4.18. The average Bonchev–Trinajstić information content (AvgIpc) is 3.18. The number of rotatable bonds is 6. The highest BCUT2D eigenvalue weighted by Crippen LogP contribution is 2.31. The maximum Gasteiger partial charge on any atom is 0.136 e. The topological polar surface area (TPSA) is 50.5 Å². The molecule has 1 aliphatic heterocycles. The Kier molecular flexibility index (Phi) is 5.92. The van der Waals surface area contributed by atoms with Crippen LogP contribution in [-0.2, 0) is 6.54 Å². The molecule has 6 heteroatoms. The van der Waals surface area contributed by atoms with Gasteiger partial charge in [-0.25, -0.2) is 9.07 Å². The molecule has 1 aliphatic rings. The lowest BCUT2D eigenvalue weighted by Gasteiger charge is -2.34. The summed E-state index contributed by atoms with van der Waals surface area (Å²) in [5.74, 6) is 0.118. The van der Waals surface area contributed by atoms with Crippen LogP contribution in [0.25, 0.3) is 16.9 Å². The summed E-state index contributed by atoms with van der Waals surface area (Å²) in [4.78, 5) is 2.28. The number of aromatic nitrogens is 2. The number of piperidine rings is 1. The molecule has 2 heterocycles. The number of hydrogen-bond acceptors (Lipinski definition) is 4. The number of ether oxygens (including phenoxy) is 1. The minimum atomic E-state index is -0.360. The number of benzene rings is 2. The first kappa shape index (κ1) is 19.6. The van der Waals surface area contributed by atoms with E-state index >= 15 is 0 Å². The summed E-state index contributed by atoms with van der Waals surface area (Å²) in [6, 6.07) is 14.8. The third-order valence-corrected chi connectivity index (χ3v) is 5.58. The van der Waals surface area contributed by atoms with Gasteiger partial charge in [0.1, 0.15) is 17.3 Å². The van der Waals surface area contributed by atoms with E-state index in [-0.39, 0.29) is 18.5 Å². The lowest BCUT2D eigenvalue weighted by atomic mass is 10.0. The first-order valence-electron chi connectivity index (χ1n) is 10.0. The Balaban J connectivity index is 1.75. The molecular formula is C23H26FN3O2. The van der Waals surface area contributed by atoms with E-state index in [1.54, 1.807) is 16.8 Å². The quantitative estimate of drug-likeness (QED) is 0.685. The third-order valence-electron chi connectivity index (χ3n) is 5.58. The number of para-hydroxylation sites is 1. The summed E-state index contributed by atoms with van der Waals surface area (Å²) in [5.41, 5.74) is 2.94. The molecule has 2 aromatic carbocycles. The van der Waals surface area contributed by atoms with Crippen LogP contribution < -0.4 is 4.74 Å². The number of hydrogen-bond donors (Lipinski definition) is 1. The highest BCUT2D eigenvalue weighted by atomic mass is 19.1. The van der Waals surface area contributed by atoms with Gasteiger partial charge in [0.15, 0.2) is 0 Å². The molecule has 0 amide bonds. The second kappa shape index (κ2) is 8.76. The molecule has 4 rings (SSSR count). The normalized spacial score (nSPS) is 17.4. The molecule has 1 aromatic heterocycles. The second-order valence-corrected chi connectivity index (χ2v) is 7.43. The number of nitrogens with zero attached hydrogens (tertiary/aromatic N) is 3. The lowest BCUT2D eigenvalue weighted by Crippen LogP contribution is -2.41. The second-order valence-electron chi connectivity index (χ2n) is 7.43. The molecule has 1 fully saturated rings. The molecule has 29 heavy (non-hydrogen) atoms. The van der Waals surface area contributed by atoms with Gasteiger partial charge in [-0.05, 0) is 43.7 Å². The molecule has 3 aromatic rings. The maximum absolute atomic E-state index is 14.9. The van der Waals surface area contributed by atoms with Crippen LogP contribution >= 0.6 is 0 Å². The van der Waals surface area contributed by atoms with Crippen molar-refractivity contribution in [3.63, 3.8) is 0 Å². The lowest BCUT2D eigenvalue weighted by molar-refractivity contribution is 0.0842. The Labute approximate surface area is 170 Å². The maximum atomic E-state index is 14.9. The van der Waals surface area contributed by atoms with Gasteiger partial charge in [0.2, 0.25) is 0 Å². The van der Waals surface area contributed by atoms with Crippen LogP contribution in [-0.4, -0.2) is 46.1 Å². The highest BCUT2D eigenvalue weighted by molar-refractivity contribution is 5.65. The van der Waals surface area contributed by atoms with Crippen molar-refractivity contribution in [2.45, 2.75) is 31.8 Å². The zero-order chi connectivity index (χ0) is 20.2. The average molecular weight is 395 g/mol. The van der Waals surface area contributed by atoms with E-state index < -0.39 is 0 Å². The molecular weight excluding hydrogens is 369 g/mol. The first-order chi connectivity index (χ1) is 14.2. The van der Waals surface area contributed by atoms with E-state index in [0.717, 1.165) is 37.1 Å². The minimum Gasteiger partial charge on any atom is -0.497 e. The van der Waals surface area contributed by atoms with Gasteiger partial charge in [-0.1, -0.05) is 24.6 Å². The summed E-state index contributed by atoms with van der Waals surface area (Å²) < 4.78 is 21.8. The van der Waals surface area contributed by atoms with Crippen molar-refractivity contribution in [3.05, 3.63) is 66.1 Å². The van der Waals surface area contributed by atoms with Crippen LogP contribution in [0.4, 0.5) is 4.39 Å². The number of likely N-dealkylation sites (tertiary alicyclic amines) is 1. The van der Waals surface area contributed by atoms with Crippen molar-refractivity contribution in [1.82, 2.24) is 14.7 Å². The Morgan fingerprint density at radius 2 is 2.00 bits per heavy atom. The standard InChI is InChI=1S/C23H26FN3O2/c1-29-20-10-11-21(22(24)13-20)23-17(14-26-12-6-5-9-19(26)16-28)15-27(25-23)18-7-3-2-4-8-18/h2-4,7-8,10-11,13,15,19,28H,5-6,9,12,14,16H2,1H3/t19-/m1/s1. The van der Waals surface area contributed by atoms with Gasteiger partial charge in [-0.3, -0.25) is 4.90 Å². The minimum absolute atomic E-state index is 0.136. The molecule has 0 unspecified atom stereocenters. The number of aliphatic hydroxyl groups is 1. The molecule has 0 bridgehead atoms. The Morgan fingerprint density at radius 1 is 1.17 bits per heavy atom. The Bertz CT molecular complexity index is 958. The molecule has 152 valence electrons. The molecule has 1 N–H and O–H groups in total. The smallest absolute Gasteiger partial charge is 0.136 e. The zero-order valence-corrected chi connectivity index (χ0v) is 16.6. The fourth-order valence-electron chi connectivity index (χ4n) is 3.97. The Hall–Kier alpha value is -2.70. The van der Waals surface area contributed by atoms with Crippen LogP contribution in [0.3, 0.4) is 0 Å². The van der Waals surface area contributed by atoms with E-state index in [4.69, 9.17) is 9.84 Å². The van der Waals surface area contributed by atoms with E-state index in [2.05, 4.69) is 4.90 Å². The summed E-state index contributed by atoms with van der Waals surface area (Å²) in [5, 5.41) is 14.5. The van der Waals surface area contributed by atoms with Crippen molar-refractivity contribution in [2.75, 3.05) is 20.3 Å². The summed E-state index contributed by atoms with van der Waals surface area (Å²) >= 11 is 0. The van der Waals surface area contributed by atoms with Gasteiger partial charge >= 0.3 is 0 Å². The SMILES string of the molecule is COc1ccc(-c2nn(-c3ccccc3)cc2CN2CCCC[C@@H]2CO)c(F)c1. The van der Waals surface area contributed by atoms with E-state index in [0.29, 0.717) is 23.6 Å². The molecule has 0 spiro atoms. The molecule has 1 atom stereocenters. The van der Waals surface area contributed by atoms with Crippen molar-refractivity contribution >= 4 is 0 Å². The summed E-state index contributed by atoms with van der Waals surface area (Å²) in [7, 11) is 1.52. The van der Waals surface area contributed by atoms with Crippen molar-refractivity contribution in [2.24, 2.45) is 0 Å². The summed E-state index contributed by atoms with van der Waals surface area (Å²) in [6.45, 7) is 1.68. The van der Waals surface area contributed by atoms with Crippen LogP contribution in [0.2, 0.25) is 0 Å². The van der Waals surface area contributed by atoms with Crippen molar-refractivity contribution in [1.29, 1.82) is 0 Å². The van der Waals surface area contributed by atoms with Gasteiger partial charge in [0.05, 0.1) is 19.4 Å². The van der Waals surface area contributed by atoms with Crippen LogP contribution in [0, 0.1) is 5.82 Å². The molecule has 5 nitrogen and oxygen atoms in total. The molecule has 0 radical (unpaired) electrons. The van der Waals surface area contributed by atoms with Crippen molar-refractivity contribution < 1.29 is 14.2 Å². The summed E-state index contributed by atoms with van der Waals surface area (Å²) in [6.07, 6.45) is 5.19. The fourth-order valence-corrected chi connectivity index (χ4v) is 3.97. The monoisotopic (exact) mass is 395 g/mol. The van der Waals surface area contributed by atoms with Gasteiger partial charge in [0, 0.05) is 36.0 Å². The predicted molar refractivity (Wildman–Crippen MR) is 111 cm³/mol. The van der Waals surface area contributed by atoms with Crippen LogP contribution in [0.1, 0.15) is 24.8 Å². The highest BCUT2D eigenvalue weighted by Gasteiger charge is 2.25. The van der Waals surface area contributed by atoms with Gasteiger partial charge in [-0.15, -0.1) is 0 Å². The predicted octanol–water partition coefficient (Wildman–Crippen LogP) is 4.03. The molecule has 0 aliphatic carbocycles. The van der Waals surface area contributed by atoms with Crippen LogP contribution in [0.5, 0.6) is 5.75 Å². The van der Waals surface area contributed by atoms with Gasteiger partial charge in [-0.2, -0.15) is 5.10 Å². The van der Waals surface area contributed by atoms with Crippen molar-refractivity contribution in [3.8, 4) is 22.7 Å². The fraction of sp³-hybridized carbons (Fsp3) is 0.348.